The summed E-state index contributed by atoms with van der Waals surface area (Å²) in [5.74, 6) is -0.348. The van der Waals surface area contributed by atoms with Gasteiger partial charge in [0.2, 0.25) is 10.0 Å². The number of carbonyl (C=O) groups excluding carboxylic acids is 1. The van der Waals surface area contributed by atoms with Gasteiger partial charge in [-0.1, -0.05) is 12.1 Å². The predicted octanol–water partition coefficient (Wildman–Crippen LogP) is 1.73. The Morgan fingerprint density at radius 1 is 1.37 bits per heavy atom. The third kappa shape index (κ3) is 4.91. The van der Waals surface area contributed by atoms with Crippen LogP contribution in [0.3, 0.4) is 0 Å². The Kier molecular flexibility index (Phi) is 7.05. The molecule has 144 valence electrons. The number of hydrogen-bond donors (Lipinski definition) is 2. The molecular weight excluding hydrogens is 370 g/mol. The summed E-state index contributed by atoms with van der Waals surface area (Å²) in [6.07, 6.45) is 4.51. The molecule has 2 N–H and O–H groups in total. The second-order valence-electron chi connectivity index (χ2n) is 5.60. The molecule has 9 heteroatoms. The minimum absolute atomic E-state index is 0.00741. The summed E-state index contributed by atoms with van der Waals surface area (Å²) in [5.41, 5.74) is 2.12. The molecule has 2 rings (SSSR count). The number of hydroxylamine groups is 1. The number of hydrogen-bond acceptors (Lipinski definition) is 6. The van der Waals surface area contributed by atoms with Gasteiger partial charge in [-0.3, -0.25) is 15.0 Å². The molecule has 1 aromatic heterocycles. The van der Waals surface area contributed by atoms with Crippen LogP contribution in [-0.4, -0.2) is 42.0 Å². The van der Waals surface area contributed by atoms with E-state index in [1.165, 1.54) is 49.1 Å². The van der Waals surface area contributed by atoms with Gasteiger partial charge in [-0.2, -0.15) is 4.31 Å². The first-order chi connectivity index (χ1) is 12.9. The number of aromatic nitrogens is 1. The summed E-state index contributed by atoms with van der Waals surface area (Å²) < 4.78 is 32.5. The summed E-state index contributed by atoms with van der Waals surface area (Å²) in [6.45, 7) is 3.47. The summed E-state index contributed by atoms with van der Waals surface area (Å²) in [6, 6.07) is 8.01. The maximum atomic E-state index is 13.2. The number of carbonyl (C=O) groups is 1. The Labute approximate surface area is 158 Å². The molecular formula is C18H21N3O5S. The molecule has 0 fully saturated rings. The van der Waals surface area contributed by atoms with E-state index in [-0.39, 0.29) is 17.9 Å². The average molecular weight is 391 g/mol. The number of pyridine rings is 1. The summed E-state index contributed by atoms with van der Waals surface area (Å²) in [7, 11) is -2.59. The quantitative estimate of drug-likeness (QED) is 0.383. The molecule has 0 radical (unpaired) electrons. The van der Waals surface area contributed by atoms with Crippen molar-refractivity contribution in [3.05, 3.63) is 67.0 Å². The molecule has 0 bridgehead atoms. The normalized spacial score (nSPS) is 12.4. The fourth-order valence-electron chi connectivity index (χ4n) is 2.51. The first-order valence-electron chi connectivity index (χ1n) is 8.03. The van der Waals surface area contributed by atoms with E-state index >= 15 is 0 Å². The number of amides is 1. The van der Waals surface area contributed by atoms with E-state index in [2.05, 4.69) is 11.6 Å². The summed E-state index contributed by atoms with van der Waals surface area (Å²) in [4.78, 5) is 16.1. The molecule has 2 aromatic rings. The lowest BCUT2D eigenvalue weighted by Crippen LogP contribution is -2.48. The lowest BCUT2D eigenvalue weighted by molar-refractivity contribution is -0.133. The van der Waals surface area contributed by atoms with Gasteiger partial charge < -0.3 is 4.74 Å². The fourth-order valence-corrected chi connectivity index (χ4v) is 4.09. The first-order valence-corrected chi connectivity index (χ1v) is 9.47. The number of sulfonamides is 1. The zero-order valence-corrected chi connectivity index (χ0v) is 15.6. The van der Waals surface area contributed by atoms with E-state index < -0.39 is 22.0 Å². The molecule has 0 aliphatic carbocycles. The number of methoxy groups -OCH3 is 1. The third-order valence-electron chi connectivity index (χ3n) is 3.88. The average Bonchev–Trinajstić information content (AvgIpc) is 2.70. The highest BCUT2D eigenvalue weighted by molar-refractivity contribution is 7.89. The van der Waals surface area contributed by atoms with Crippen molar-refractivity contribution in [1.29, 1.82) is 0 Å². The minimum Gasteiger partial charge on any atom is -0.497 e. The van der Waals surface area contributed by atoms with Crippen molar-refractivity contribution in [1.82, 2.24) is 14.8 Å². The zero-order valence-electron chi connectivity index (χ0n) is 14.8. The van der Waals surface area contributed by atoms with Crippen LogP contribution in [0.5, 0.6) is 5.75 Å². The van der Waals surface area contributed by atoms with Crippen molar-refractivity contribution >= 4 is 15.9 Å². The van der Waals surface area contributed by atoms with Gasteiger partial charge in [-0.15, -0.1) is 6.58 Å². The van der Waals surface area contributed by atoms with Gasteiger partial charge in [-0.25, -0.2) is 13.9 Å². The number of benzene rings is 1. The van der Waals surface area contributed by atoms with E-state index in [1.54, 1.807) is 18.3 Å². The maximum absolute atomic E-state index is 13.2. The molecule has 0 saturated heterocycles. The van der Waals surface area contributed by atoms with Crippen molar-refractivity contribution in [2.75, 3.05) is 7.11 Å². The van der Waals surface area contributed by atoms with Crippen LogP contribution in [-0.2, 0) is 21.4 Å². The first kappa shape index (κ1) is 20.6. The van der Waals surface area contributed by atoms with Gasteiger partial charge in [0.15, 0.2) is 0 Å². The maximum Gasteiger partial charge on any atom is 0.262 e. The summed E-state index contributed by atoms with van der Waals surface area (Å²) in [5, 5.41) is 9.07. The van der Waals surface area contributed by atoms with Gasteiger partial charge in [0, 0.05) is 18.9 Å². The minimum atomic E-state index is -4.07. The molecule has 1 atom stereocenters. The lowest BCUT2D eigenvalue weighted by Gasteiger charge is -2.29. The Hall–Kier alpha value is -2.75. The molecule has 0 saturated carbocycles. The van der Waals surface area contributed by atoms with Crippen molar-refractivity contribution in [2.45, 2.75) is 23.9 Å². The number of rotatable bonds is 9. The molecule has 1 amide bonds. The van der Waals surface area contributed by atoms with Gasteiger partial charge in [0.25, 0.3) is 5.91 Å². The Balaban J connectivity index is 2.51. The van der Waals surface area contributed by atoms with Crippen molar-refractivity contribution in [2.24, 2.45) is 0 Å². The van der Waals surface area contributed by atoms with Gasteiger partial charge in [-0.05, 0) is 42.3 Å². The molecule has 0 spiro atoms. The summed E-state index contributed by atoms with van der Waals surface area (Å²) >= 11 is 0. The van der Waals surface area contributed by atoms with Crippen LogP contribution >= 0.6 is 0 Å². The van der Waals surface area contributed by atoms with Crippen LogP contribution in [0, 0.1) is 0 Å². The van der Waals surface area contributed by atoms with E-state index in [0.717, 1.165) is 4.31 Å². The lowest BCUT2D eigenvalue weighted by atomic mass is 10.2. The highest BCUT2D eigenvalue weighted by Crippen LogP contribution is 2.24. The van der Waals surface area contributed by atoms with Gasteiger partial charge in [0.05, 0.1) is 12.0 Å². The molecule has 1 aromatic carbocycles. The monoisotopic (exact) mass is 391 g/mol. The van der Waals surface area contributed by atoms with E-state index in [1.807, 2.05) is 0 Å². The van der Waals surface area contributed by atoms with Crippen LogP contribution in [0.25, 0.3) is 0 Å². The van der Waals surface area contributed by atoms with E-state index in [0.29, 0.717) is 11.3 Å². The highest BCUT2D eigenvalue weighted by atomic mass is 32.2. The predicted molar refractivity (Wildman–Crippen MR) is 98.5 cm³/mol. The second kappa shape index (κ2) is 9.26. The smallest absolute Gasteiger partial charge is 0.262 e. The Bertz CT molecular complexity index is 870. The highest BCUT2D eigenvalue weighted by Gasteiger charge is 2.35. The van der Waals surface area contributed by atoms with Crippen LogP contribution in [0.4, 0.5) is 0 Å². The number of nitrogens with zero attached hydrogens (tertiary/aromatic N) is 2. The Morgan fingerprint density at radius 2 is 2.07 bits per heavy atom. The molecule has 1 heterocycles. The van der Waals surface area contributed by atoms with Crippen molar-refractivity contribution in [3.63, 3.8) is 0 Å². The Morgan fingerprint density at radius 3 is 2.59 bits per heavy atom. The van der Waals surface area contributed by atoms with Crippen molar-refractivity contribution in [3.8, 4) is 5.75 Å². The topological polar surface area (TPSA) is 109 Å². The number of nitrogens with one attached hydrogen (secondary N) is 1. The SMILES string of the molecule is C=CC[C@@H](C(=O)NO)N(Cc1cccnc1)S(=O)(=O)c1ccc(OC)cc1. The van der Waals surface area contributed by atoms with Crippen LogP contribution < -0.4 is 10.2 Å². The van der Waals surface area contributed by atoms with Crippen LogP contribution in [0.15, 0.2) is 66.3 Å². The van der Waals surface area contributed by atoms with Gasteiger partial charge in [0.1, 0.15) is 11.8 Å². The zero-order chi connectivity index (χ0) is 19.9. The third-order valence-corrected chi connectivity index (χ3v) is 5.75. The molecule has 8 nitrogen and oxygen atoms in total. The number of ether oxygens (including phenoxy) is 1. The molecule has 0 aliphatic rings. The molecule has 0 aliphatic heterocycles. The van der Waals surface area contributed by atoms with Crippen molar-refractivity contribution < 1.29 is 23.2 Å². The van der Waals surface area contributed by atoms with E-state index in [4.69, 9.17) is 9.94 Å². The fraction of sp³-hybridized carbons (Fsp3) is 0.222. The standard InChI is InChI=1S/C18H21N3O5S/c1-3-5-17(18(22)20-23)21(13-14-6-4-11-19-12-14)27(24,25)16-9-7-15(26-2)8-10-16/h3-4,6-12,17,23H,1,5,13H2,2H3,(H,20,22)/t17-/m0/s1. The molecule has 27 heavy (non-hydrogen) atoms. The van der Waals surface area contributed by atoms with Crippen LogP contribution in [0.1, 0.15) is 12.0 Å². The second-order valence-corrected chi connectivity index (χ2v) is 7.49. The van der Waals surface area contributed by atoms with Crippen LogP contribution in [0.2, 0.25) is 0 Å². The largest absolute Gasteiger partial charge is 0.497 e. The molecule has 0 unspecified atom stereocenters. The van der Waals surface area contributed by atoms with E-state index in [9.17, 15) is 13.2 Å². The van der Waals surface area contributed by atoms with Gasteiger partial charge >= 0.3 is 0 Å².